The maximum atomic E-state index is 11.0. The molecule has 0 saturated carbocycles. The summed E-state index contributed by atoms with van der Waals surface area (Å²) in [5.74, 6) is -0.121. The molecule has 0 aromatic rings. The third kappa shape index (κ3) is 3.06. The van der Waals surface area contributed by atoms with Gasteiger partial charge in [0.15, 0.2) is 0 Å². The lowest BCUT2D eigenvalue weighted by atomic mass is 10.4. The first kappa shape index (κ1) is 10.5. The van der Waals surface area contributed by atoms with Gasteiger partial charge in [-0.1, -0.05) is 6.58 Å². The lowest BCUT2D eigenvalue weighted by Crippen LogP contribution is -2.32. The van der Waals surface area contributed by atoms with Crippen LogP contribution in [0.1, 0.15) is 6.42 Å². The lowest BCUT2D eigenvalue weighted by molar-refractivity contribution is -0.116. The molecular weight excluding hydrogens is 184 g/mol. The number of aliphatic imine (C=N–C) groups is 1. The molecule has 6 nitrogen and oxygen atoms in total. The van der Waals surface area contributed by atoms with Crippen molar-refractivity contribution in [3.05, 3.63) is 12.3 Å². The zero-order valence-corrected chi connectivity index (χ0v) is 7.99. The molecule has 0 fully saturated rings. The largest absolute Gasteiger partial charge is 0.385 e. The summed E-state index contributed by atoms with van der Waals surface area (Å²) in [5, 5.41) is 9.66. The van der Waals surface area contributed by atoms with Crippen LogP contribution in [0, 0.1) is 0 Å². The van der Waals surface area contributed by atoms with E-state index in [0.717, 1.165) is 6.42 Å². The van der Waals surface area contributed by atoms with Gasteiger partial charge in [0.1, 0.15) is 5.70 Å². The molecule has 76 valence electrons. The zero-order valence-electron chi connectivity index (χ0n) is 7.99. The molecule has 0 aromatic heterocycles. The third-order valence-corrected chi connectivity index (χ3v) is 1.52. The number of nitrogens with zero attached hydrogens (tertiary/aromatic N) is 3. The van der Waals surface area contributed by atoms with Crippen LogP contribution in [0.4, 0.5) is 0 Å². The van der Waals surface area contributed by atoms with Gasteiger partial charge in [0, 0.05) is 20.3 Å². The molecule has 0 spiro atoms. The van der Waals surface area contributed by atoms with Crippen molar-refractivity contribution in [1.82, 2.24) is 5.32 Å². The molecule has 0 aromatic carbocycles. The van der Waals surface area contributed by atoms with Crippen LogP contribution in [0.15, 0.2) is 27.5 Å². The molecule has 1 aliphatic rings. The Kier molecular flexibility index (Phi) is 3.93. The summed E-state index contributed by atoms with van der Waals surface area (Å²) in [4.78, 5) is 15.0. The van der Waals surface area contributed by atoms with Crippen molar-refractivity contribution in [2.45, 2.75) is 6.42 Å². The van der Waals surface area contributed by atoms with E-state index in [1.807, 2.05) is 0 Å². The standard InChI is InChI=1S/C8H12N4O2/c1-6-7(13)10-8(12-11-6)9-4-3-5-14-2/h1,3-5H2,2H3,(H,9,10,13). The van der Waals surface area contributed by atoms with E-state index < -0.39 is 0 Å². The highest BCUT2D eigenvalue weighted by Crippen LogP contribution is 2.00. The number of hydrogen-bond acceptors (Lipinski definition) is 4. The molecule has 0 aliphatic carbocycles. The van der Waals surface area contributed by atoms with Gasteiger partial charge >= 0.3 is 0 Å². The van der Waals surface area contributed by atoms with Gasteiger partial charge in [0.2, 0.25) is 5.96 Å². The molecule has 1 N–H and O–H groups in total. The van der Waals surface area contributed by atoms with E-state index >= 15 is 0 Å². The van der Waals surface area contributed by atoms with Crippen molar-refractivity contribution in [3.63, 3.8) is 0 Å². The highest BCUT2D eigenvalue weighted by Gasteiger charge is 2.13. The van der Waals surface area contributed by atoms with Crippen LogP contribution in [-0.4, -0.2) is 32.1 Å². The SMILES string of the molecule is C=C1N=NC(=NCCCOC)NC1=O. The van der Waals surface area contributed by atoms with Gasteiger partial charge in [0.05, 0.1) is 0 Å². The van der Waals surface area contributed by atoms with Crippen molar-refractivity contribution < 1.29 is 9.53 Å². The summed E-state index contributed by atoms with van der Waals surface area (Å²) in [6.45, 7) is 4.58. The Hall–Kier alpha value is -1.56. The maximum absolute atomic E-state index is 11.0. The first-order valence-corrected chi connectivity index (χ1v) is 4.19. The van der Waals surface area contributed by atoms with E-state index in [9.17, 15) is 4.79 Å². The highest BCUT2D eigenvalue weighted by atomic mass is 16.5. The van der Waals surface area contributed by atoms with Crippen LogP contribution < -0.4 is 5.32 Å². The lowest BCUT2D eigenvalue weighted by Gasteiger charge is -2.07. The van der Waals surface area contributed by atoms with Crippen LogP contribution >= 0.6 is 0 Å². The van der Waals surface area contributed by atoms with Crippen molar-refractivity contribution in [3.8, 4) is 0 Å². The van der Waals surface area contributed by atoms with Crippen LogP contribution in [-0.2, 0) is 9.53 Å². The third-order valence-electron chi connectivity index (χ3n) is 1.52. The zero-order chi connectivity index (χ0) is 10.4. The summed E-state index contributed by atoms with van der Waals surface area (Å²) in [6, 6.07) is 0. The van der Waals surface area contributed by atoms with E-state index in [1.54, 1.807) is 7.11 Å². The summed E-state index contributed by atoms with van der Waals surface area (Å²) in [6.07, 6.45) is 0.784. The minimum atomic E-state index is -0.356. The van der Waals surface area contributed by atoms with Crippen molar-refractivity contribution in [2.75, 3.05) is 20.3 Å². The summed E-state index contributed by atoms with van der Waals surface area (Å²) < 4.78 is 4.84. The van der Waals surface area contributed by atoms with Crippen LogP contribution in [0.25, 0.3) is 0 Å². The Balaban J connectivity index is 2.42. The fourth-order valence-electron chi connectivity index (χ4n) is 0.817. The number of rotatable bonds is 4. The number of nitrogens with one attached hydrogen (secondary N) is 1. The second kappa shape index (κ2) is 5.23. The number of carbonyl (C=O) groups is 1. The first-order valence-electron chi connectivity index (χ1n) is 4.19. The normalized spacial score (nSPS) is 18.8. The van der Waals surface area contributed by atoms with E-state index in [1.165, 1.54) is 0 Å². The van der Waals surface area contributed by atoms with E-state index in [4.69, 9.17) is 4.74 Å². The molecule has 6 heteroatoms. The Labute approximate surface area is 81.8 Å². The van der Waals surface area contributed by atoms with Gasteiger partial charge in [-0.15, -0.1) is 10.2 Å². The van der Waals surface area contributed by atoms with Gasteiger partial charge < -0.3 is 4.74 Å². The molecule has 0 atom stereocenters. The average molecular weight is 196 g/mol. The molecule has 1 aliphatic heterocycles. The number of azo groups is 1. The Bertz CT molecular complexity index is 296. The monoisotopic (exact) mass is 196 g/mol. The Morgan fingerprint density at radius 1 is 1.57 bits per heavy atom. The molecule has 0 radical (unpaired) electrons. The number of methoxy groups -OCH3 is 1. The van der Waals surface area contributed by atoms with E-state index in [0.29, 0.717) is 13.2 Å². The van der Waals surface area contributed by atoms with E-state index in [2.05, 4.69) is 27.1 Å². The smallest absolute Gasteiger partial charge is 0.277 e. The second-order valence-corrected chi connectivity index (χ2v) is 2.65. The number of guanidine groups is 1. The molecule has 1 rings (SSSR count). The maximum Gasteiger partial charge on any atom is 0.277 e. The minimum Gasteiger partial charge on any atom is -0.385 e. The predicted molar refractivity (Wildman–Crippen MR) is 50.9 cm³/mol. The van der Waals surface area contributed by atoms with Crippen LogP contribution in [0.5, 0.6) is 0 Å². The molecule has 14 heavy (non-hydrogen) atoms. The van der Waals surface area contributed by atoms with Crippen molar-refractivity contribution in [1.29, 1.82) is 0 Å². The number of hydrogen-bond donors (Lipinski definition) is 1. The van der Waals surface area contributed by atoms with Gasteiger partial charge in [0.25, 0.3) is 5.91 Å². The summed E-state index contributed by atoms with van der Waals surface area (Å²) in [5.41, 5.74) is 0.0980. The average Bonchev–Trinajstić information content (AvgIpc) is 2.18. The minimum absolute atomic E-state index is 0.0980. The second-order valence-electron chi connectivity index (χ2n) is 2.65. The van der Waals surface area contributed by atoms with Crippen molar-refractivity contribution >= 4 is 11.9 Å². The fourth-order valence-corrected chi connectivity index (χ4v) is 0.817. The number of ether oxygens (including phenoxy) is 1. The molecular formula is C8H12N4O2. The van der Waals surface area contributed by atoms with E-state index in [-0.39, 0.29) is 17.6 Å². The highest BCUT2D eigenvalue weighted by molar-refractivity contribution is 6.06. The molecule has 0 unspecified atom stereocenters. The fraction of sp³-hybridized carbons (Fsp3) is 0.500. The van der Waals surface area contributed by atoms with Gasteiger partial charge in [-0.25, -0.2) is 4.99 Å². The van der Waals surface area contributed by atoms with Gasteiger partial charge in [-0.2, -0.15) is 0 Å². The van der Waals surface area contributed by atoms with Crippen molar-refractivity contribution in [2.24, 2.45) is 15.2 Å². The Morgan fingerprint density at radius 2 is 2.36 bits per heavy atom. The molecule has 0 bridgehead atoms. The topological polar surface area (TPSA) is 75.4 Å². The van der Waals surface area contributed by atoms with Crippen LogP contribution in [0.3, 0.4) is 0 Å². The number of carbonyl (C=O) groups excluding carboxylic acids is 1. The quantitative estimate of drug-likeness (QED) is 0.524. The predicted octanol–water partition coefficient (Wildman–Crippen LogP) is 0.475. The van der Waals surface area contributed by atoms with Gasteiger partial charge in [-0.3, -0.25) is 10.1 Å². The first-order chi connectivity index (χ1) is 6.74. The number of amides is 1. The summed E-state index contributed by atoms with van der Waals surface area (Å²) >= 11 is 0. The Morgan fingerprint density at radius 3 is 3.00 bits per heavy atom. The van der Waals surface area contributed by atoms with Crippen LogP contribution in [0.2, 0.25) is 0 Å². The summed E-state index contributed by atoms with van der Waals surface area (Å²) in [7, 11) is 1.62. The molecule has 0 saturated heterocycles. The molecule has 1 heterocycles. The molecule has 1 amide bonds. The van der Waals surface area contributed by atoms with Gasteiger partial charge in [-0.05, 0) is 6.42 Å².